The van der Waals surface area contributed by atoms with Gasteiger partial charge in [0.25, 0.3) is 0 Å². The summed E-state index contributed by atoms with van der Waals surface area (Å²) in [7, 11) is 0. The third kappa shape index (κ3) is 5.54. The summed E-state index contributed by atoms with van der Waals surface area (Å²) in [4.78, 5) is 18.4. The number of carbonyl (C=O) groups excluding carboxylic acids is 1. The first-order chi connectivity index (χ1) is 16.8. The fourth-order valence-electron chi connectivity index (χ4n) is 4.31. The lowest BCUT2D eigenvalue weighted by atomic mass is 10.0. The Balaban J connectivity index is 1.48. The molecular weight excluding hydrogens is 492 g/mol. The van der Waals surface area contributed by atoms with Gasteiger partial charge in [0.15, 0.2) is 11.6 Å². The van der Waals surface area contributed by atoms with E-state index < -0.39 is 11.9 Å². The predicted molar refractivity (Wildman–Crippen MR) is 135 cm³/mol. The Hall–Kier alpha value is -2.84. The minimum atomic E-state index is -0.659. The number of benzene rings is 1. The summed E-state index contributed by atoms with van der Waals surface area (Å²) in [5.74, 6) is 0.180. The van der Waals surface area contributed by atoms with E-state index in [0.29, 0.717) is 22.8 Å². The van der Waals surface area contributed by atoms with Crippen molar-refractivity contribution in [1.29, 1.82) is 0 Å². The molecule has 0 aliphatic carbocycles. The lowest BCUT2D eigenvalue weighted by Gasteiger charge is -2.32. The molecule has 0 radical (unpaired) electrons. The number of amides is 1. The molecule has 35 heavy (non-hydrogen) atoms. The fourth-order valence-corrected chi connectivity index (χ4v) is 4.99. The highest BCUT2D eigenvalue weighted by Crippen LogP contribution is 2.37. The summed E-state index contributed by atoms with van der Waals surface area (Å²) in [6, 6.07) is 4.65. The number of ether oxygens (including phenoxy) is 1. The number of nitrogen functional groups attached to an aromatic ring is 1. The molecule has 1 saturated heterocycles. The van der Waals surface area contributed by atoms with Crippen molar-refractivity contribution < 1.29 is 13.9 Å². The Morgan fingerprint density at radius 1 is 1.26 bits per heavy atom. The van der Waals surface area contributed by atoms with Crippen LogP contribution in [0.25, 0.3) is 11.1 Å². The molecule has 2 N–H and O–H groups in total. The average molecular weight is 520 g/mol. The average Bonchev–Trinajstić information content (AvgIpc) is 3.34. The molecule has 0 spiro atoms. The third-order valence-corrected chi connectivity index (χ3v) is 6.98. The van der Waals surface area contributed by atoms with Gasteiger partial charge in [-0.1, -0.05) is 30.1 Å². The first-order valence-corrected chi connectivity index (χ1v) is 12.4. The van der Waals surface area contributed by atoms with Crippen molar-refractivity contribution in [1.82, 2.24) is 19.7 Å². The zero-order valence-electron chi connectivity index (χ0n) is 19.7. The molecule has 0 saturated carbocycles. The first-order valence-electron chi connectivity index (χ1n) is 11.7. The zero-order chi connectivity index (χ0) is 25.1. The molecule has 4 rings (SSSR count). The quantitative estimate of drug-likeness (QED) is 0.382. The molecule has 3 heterocycles. The van der Waals surface area contributed by atoms with E-state index in [4.69, 9.17) is 33.7 Å². The molecule has 1 aromatic carbocycles. The molecule has 3 aromatic rings. The number of likely N-dealkylation sites (tertiary alicyclic amines) is 1. The van der Waals surface area contributed by atoms with Crippen molar-refractivity contribution in [3.05, 3.63) is 58.2 Å². The van der Waals surface area contributed by atoms with Gasteiger partial charge in [0, 0.05) is 53.6 Å². The Morgan fingerprint density at radius 3 is 2.71 bits per heavy atom. The maximum Gasteiger partial charge on any atom is 0.222 e. The van der Waals surface area contributed by atoms with Crippen LogP contribution in [0.3, 0.4) is 0 Å². The van der Waals surface area contributed by atoms with E-state index in [0.717, 1.165) is 43.5 Å². The van der Waals surface area contributed by atoms with E-state index in [9.17, 15) is 9.18 Å². The third-order valence-electron chi connectivity index (χ3n) is 6.26. The van der Waals surface area contributed by atoms with Gasteiger partial charge in [0.05, 0.1) is 17.3 Å². The molecular formula is C25H28Cl2FN5O2. The van der Waals surface area contributed by atoms with Crippen molar-refractivity contribution in [2.75, 3.05) is 18.8 Å². The predicted octanol–water partition coefficient (Wildman–Crippen LogP) is 6.08. The Bertz CT molecular complexity index is 1210. The minimum absolute atomic E-state index is 0.0867. The lowest BCUT2D eigenvalue weighted by molar-refractivity contribution is -0.132. The second-order valence-electron chi connectivity index (χ2n) is 8.70. The topological polar surface area (TPSA) is 86.3 Å². The van der Waals surface area contributed by atoms with E-state index >= 15 is 0 Å². The Labute approximate surface area is 214 Å². The van der Waals surface area contributed by atoms with Gasteiger partial charge in [-0.25, -0.2) is 9.37 Å². The highest BCUT2D eigenvalue weighted by atomic mass is 35.5. The number of halogens is 3. The Kier molecular flexibility index (Phi) is 7.82. The Morgan fingerprint density at radius 2 is 2.00 bits per heavy atom. The smallest absolute Gasteiger partial charge is 0.222 e. The molecule has 1 atom stereocenters. The van der Waals surface area contributed by atoms with Gasteiger partial charge in [-0.15, -0.1) is 0 Å². The second-order valence-corrected chi connectivity index (χ2v) is 9.48. The monoisotopic (exact) mass is 519 g/mol. The standard InChI is InChI=1S/C25H28Cl2FN5O2/c1-3-4-22(34)32-9-7-18(8-10-32)33-14-17(13-31-33)16-11-21(25(29)30-12-16)35-15(2)23-19(26)5-6-20(28)24(23)27/h5-6,11-15,18H,3-4,7-10H2,1-2H3,(H2,29,30)/t15-/m1/s1. The zero-order valence-corrected chi connectivity index (χ0v) is 21.2. The molecule has 2 aromatic heterocycles. The van der Waals surface area contributed by atoms with E-state index in [1.165, 1.54) is 12.1 Å². The summed E-state index contributed by atoms with van der Waals surface area (Å²) in [5.41, 5.74) is 8.03. The summed E-state index contributed by atoms with van der Waals surface area (Å²) in [6.07, 6.45) is 7.92. The molecule has 1 amide bonds. The van der Waals surface area contributed by atoms with E-state index in [1.807, 2.05) is 22.7 Å². The van der Waals surface area contributed by atoms with Crippen LogP contribution < -0.4 is 10.5 Å². The van der Waals surface area contributed by atoms with Crippen LogP contribution in [0.15, 0.2) is 36.8 Å². The van der Waals surface area contributed by atoms with Crippen LogP contribution >= 0.6 is 23.2 Å². The van der Waals surface area contributed by atoms with Crippen LogP contribution in [0, 0.1) is 5.82 Å². The van der Waals surface area contributed by atoms with Crippen LogP contribution in [-0.2, 0) is 4.79 Å². The highest BCUT2D eigenvalue weighted by Gasteiger charge is 2.24. The van der Waals surface area contributed by atoms with Gasteiger partial charge in [0.1, 0.15) is 11.9 Å². The summed E-state index contributed by atoms with van der Waals surface area (Å²) in [6.45, 7) is 5.21. The van der Waals surface area contributed by atoms with Gasteiger partial charge < -0.3 is 15.4 Å². The van der Waals surface area contributed by atoms with Gasteiger partial charge in [-0.3, -0.25) is 9.48 Å². The van der Waals surface area contributed by atoms with Crippen LogP contribution in [0.2, 0.25) is 10.0 Å². The molecule has 186 valence electrons. The summed E-state index contributed by atoms with van der Waals surface area (Å²) < 4.78 is 21.9. The number of nitrogens with zero attached hydrogens (tertiary/aromatic N) is 4. The first kappa shape index (κ1) is 25.3. The summed E-state index contributed by atoms with van der Waals surface area (Å²) in [5, 5.41) is 4.77. The highest BCUT2D eigenvalue weighted by molar-refractivity contribution is 6.36. The lowest BCUT2D eigenvalue weighted by Crippen LogP contribution is -2.39. The molecule has 10 heteroatoms. The number of hydrogen-bond acceptors (Lipinski definition) is 5. The van der Waals surface area contributed by atoms with E-state index in [-0.39, 0.29) is 22.8 Å². The van der Waals surface area contributed by atoms with Gasteiger partial charge in [0.2, 0.25) is 5.91 Å². The molecule has 1 aliphatic rings. The number of rotatable bonds is 7. The van der Waals surface area contributed by atoms with Crippen LogP contribution in [0.5, 0.6) is 5.75 Å². The number of aromatic nitrogens is 3. The maximum absolute atomic E-state index is 14.0. The number of pyridine rings is 1. The molecule has 1 fully saturated rings. The largest absolute Gasteiger partial charge is 0.482 e. The second kappa shape index (κ2) is 10.8. The normalized spacial score (nSPS) is 15.3. The van der Waals surface area contributed by atoms with Crippen molar-refractivity contribution in [2.24, 2.45) is 0 Å². The van der Waals surface area contributed by atoms with Gasteiger partial charge in [-0.05, 0) is 44.4 Å². The summed E-state index contributed by atoms with van der Waals surface area (Å²) >= 11 is 12.4. The van der Waals surface area contributed by atoms with Crippen molar-refractivity contribution in [3.63, 3.8) is 0 Å². The minimum Gasteiger partial charge on any atom is -0.482 e. The number of hydrogen-bond donors (Lipinski definition) is 1. The van der Waals surface area contributed by atoms with Gasteiger partial charge >= 0.3 is 0 Å². The number of nitrogens with two attached hydrogens (primary N) is 1. The number of anilines is 1. The van der Waals surface area contributed by atoms with E-state index in [1.54, 1.807) is 25.4 Å². The molecule has 0 unspecified atom stereocenters. The van der Waals surface area contributed by atoms with Crippen molar-refractivity contribution in [3.8, 4) is 16.9 Å². The molecule has 7 nitrogen and oxygen atoms in total. The maximum atomic E-state index is 14.0. The van der Waals surface area contributed by atoms with Crippen LogP contribution in [-0.4, -0.2) is 38.7 Å². The fraction of sp³-hybridized carbons (Fsp3) is 0.400. The molecule has 1 aliphatic heterocycles. The number of piperidine rings is 1. The van der Waals surface area contributed by atoms with Gasteiger partial charge in [-0.2, -0.15) is 5.10 Å². The van der Waals surface area contributed by atoms with Crippen molar-refractivity contribution in [2.45, 2.75) is 51.7 Å². The van der Waals surface area contributed by atoms with Crippen LogP contribution in [0.4, 0.5) is 10.2 Å². The molecule has 0 bridgehead atoms. The SMILES string of the molecule is CCCC(=O)N1CCC(n2cc(-c3cnc(N)c(O[C@H](C)c4c(Cl)ccc(F)c4Cl)c3)cn2)CC1. The van der Waals surface area contributed by atoms with Crippen LogP contribution in [0.1, 0.15) is 57.2 Å². The van der Waals surface area contributed by atoms with E-state index in [2.05, 4.69) is 10.1 Å². The number of carbonyl (C=O) groups is 1. The van der Waals surface area contributed by atoms with Crippen molar-refractivity contribution >= 4 is 34.9 Å².